The van der Waals surface area contributed by atoms with E-state index in [1.165, 1.54) is 12.1 Å². The summed E-state index contributed by atoms with van der Waals surface area (Å²) in [4.78, 5) is 18.9. The van der Waals surface area contributed by atoms with Crippen LogP contribution in [0.25, 0.3) is 0 Å². The average molecular weight is 353 g/mol. The van der Waals surface area contributed by atoms with E-state index in [-0.39, 0.29) is 11.7 Å². The van der Waals surface area contributed by atoms with Gasteiger partial charge in [-0.2, -0.15) is 0 Å². The molecule has 4 nitrogen and oxygen atoms in total. The summed E-state index contributed by atoms with van der Waals surface area (Å²) in [5.74, 6) is -0.146. The Bertz CT molecular complexity index is 725. The number of halogens is 1. The number of rotatable bonds is 6. The normalized spacial score (nSPS) is 14.9. The van der Waals surface area contributed by atoms with Crippen LogP contribution in [0.3, 0.4) is 0 Å². The lowest BCUT2D eigenvalue weighted by atomic mass is 10.2. The Morgan fingerprint density at radius 2 is 1.69 bits per heavy atom. The Morgan fingerprint density at radius 1 is 1.04 bits per heavy atom. The summed E-state index contributed by atoms with van der Waals surface area (Å²) in [5.41, 5.74) is 1.91. The molecule has 136 valence electrons. The van der Waals surface area contributed by atoms with E-state index >= 15 is 0 Å². The second-order valence-corrected chi connectivity index (χ2v) is 6.37. The summed E-state index contributed by atoms with van der Waals surface area (Å²) in [6.07, 6.45) is 1.75. The van der Waals surface area contributed by atoms with Gasteiger partial charge in [0.25, 0.3) is 0 Å². The maximum absolute atomic E-state index is 13.1. The van der Waals surface area contributed by atoms with Crippen LogP contribution in [-0.2, 0) is 4.79 Å². The Balaban J connectivity index is 1.56. The summed E-state index contributed by atoms with van der Waals surface area (Å²) in [5, 5.41) is 0. The zero-order chi connectivity index (χ0) is 18.4. The van der Waals surface area contributed by atoms with E-state index in [1.54, 1.807) is 23.1 Å². The highest BCUT2D eigenvalue weighted by Crippen LogP contribution is 2.18. The maximum Gasteiger partial charge on any atom is 0.241 e. The van der Waals surface area contributed by atoms with Crippen LogP contribution in [-0.4, -0.2) is 50.1 Å². The van der Waals surface area contributed by atoms with Crippen LogP contribution in [0.5, 0.6) is 0 Å². The minimum Gasteiger partial charge on any atom is -0.369 e. The van der Waals surface area contributed by atoms with Gasteiger partial charge in [-0.3, -0.25) is 9.69 Å². The zero-order valence-electron chi connectivity index (χ0n) is 14.9. The predicted octanol–water partition coefficient (Wildman–Crippen LogP) is 3.17. The van der Waals surface area contributed by atoms with Crippen LogP contribution < -0.4 is 9.80 Å². The first-order valence-corrected chi connectivity index (χ1v) is 8.86. The van der Waals surface area contributed by atoms with Gasteiger partial charge in [-0.05, 0) is 36.4 Å². The molecule has 3 rings (SSSR count). The molecule has 1 heterocycles. The van der Waals surface area contributed by atoms with E-state index in [4.69, 9.17) is 0 Å². The largest absolute Gasteiger partial charge is 0.369 e. The quantitative estimate of drug-likeness (QED) is 0.747. The molecule has 0 saturated carbocycles. The number of amides is 1. The molecule has 0 atom stereocenters. The van der Waals surface area contributed by atoms with Crippen LogP contribution in [0.15, 0.2) is 67.3 Å². The first-order chi connectivity index (χ1) is 12.7. The zero-order valence-corrected chi connectivity index (χ0v) is 14.9. The van der Waals surface area contributed by atoms with Gasteiger partial charge < -0.3 is 9.80 Å². The number of anilines is 2. The molecule has 26 heavy (non-hydrogen) atoms. The van der Waals surface area contributed by atoms with Crippen molar-refractivity contribution in [3.8, 4) is 0 Å². The van der Waals surface area contributed by atoms with Crippen molar-refractivity contribution in [2.75, 3.05) is 49.1 Å². The highest BCUT2D eigenvalue weighted by Gasteiger charge is 2.22. The summed E-state index contributed by atoms with van der Waals surface area (Å²) < 4.78 is 13.1. The molecule has 0 N–H and O–H groups in total. The molecule has 5 heteroatoms. The first kappa shape index (κ1) is 18.1. The average Bonchev–Trinajstić information content (AvgIpc) is 2.68. The van der Waals surface area contributed by atoms with E-state index in [2.05, 4.69) is 16.4 Å². The lowest BCUT2D eigenvalue weighted by Gasteiger charge is -2.36. The SMILES string of the molecule is C=CCN(C(=O)CN1CCN(c2ccc(F)cc2)CC1)c1ccccc1. The molecule has 0 aromatic heterocycles. The number of hydrogen-bond donors (Lipinski definition) is 0. The summed E-state index contributed by atoms with van der Waals surface area (Å²) >= 11 is 0. The number of carbonyl (C=O) groups is 1. The van der Waals surface area contributed by atoms with Gasteiger partial charge in [-0.15, -0.1) is 6.58 Å². The van der Waals surface area contributed by atoms with Gasteiger partial charge >= 0.3 is 0 Å². The van der Waals surface area contributed by atoms with Crippen molar-refractivity contribution < 1.29 is 9.18 Å². The molecular formula is C21H24FN3O. The van der Waals surface area contributed by atoms with Gasteiger partial charge in [0.15, 0.2) is 0 Å². The van der Waals surface area contributed by atoms with Crippen molar-refractivity contribution in [3.63, 3.8) is 0 Å². The van der Waals surface area contributed by atoms with Gasteiger partial charge in [-0.1, -0.05) is 24.3 Å². The Morgan fingerprint density at radius 3 is 2.31 bits per heavy atom. The predicted molar refractivity (Wildman–Crippen MR) is 104 cm³/mol. The Labute approximate surface area is 154 Å². The highest BCUT2D eigenvalue weighted by molar-refractivity contribution is 5.95. The summed E-state index contributed by atoms with van der Waals surface area (Å²) in [7, 11) is 0. The fourth-order valence-corrected chi connectivity index (χ4v) is 3.18. The Hall–Kier alpha value is -2.66. The molecule has 1 aliphatic heterocycles. The van der Waals surface area contributed by atoms with Gasteiger partial charge in [0, 0.05) is 44.1 Å². The lowest BCUT2D eigenvalue weighted by molar-refractivity contribution is -0.119. The monoisotopic (exact) mass is 353 g/mol. The van der Waals surface area contributed by atoms with E-state index in [9.17, 15) is 9.18 Å². The van der Waals surface area contributed by atoms with Gasteiger partial charge in [-0.25, -0.2) is 4.39 Å². The minimum absolute atomic E-state index is 0.0753. The summed E-state index contributed by atoms with van der Waals surface area (Å²) in [6.45, 7) is 7.91. The second kappa shape index (κ2) is 8.63. The van der Waals surface area contributed by atoms with Crippen molar-refractivity contribution >= 4 is 17.3 Å². The molecule has 0 spiro atoms. The van der Waals surface area contributed by atoms with Gasteiger partial charge in [0.05, 0.1) is 6.54 Å². The number of para-hydroxylation sites is 1. The van der Waals surface area contributed by atoms with E-state index in [1.807, 2.05) is 30.3 Å². The third-order valence-corrected chi connectivity index (χ3v) is 4.60. The topological polar surface area (TPSA) is 26.8 Å². The molecule has 0 aliphatic carbocycles. The fourth-order valence-electron chi connectivity index (χ4n) is 3.18. The van der Waals surface area contributed by atoms with Crippen LogP contribution >= 0.6 is 0 Å². The first-order valence-electron chi connectivity index (χ1n) is 8.86. The fraction of sp³-hybridized carbons (Fsp3) is 0.286. The molecule has 1 fully saturated rings. The van der Waals surface area contributed by atoms with Crippen LogP contribution in [0.4, 0.5) is 15.8 Å². The van der Waals surface area contributed by atoms with Crippen LogP contribution in [0, 0.1) is 5.82 Å². The van der Waals surface area contributed by atoms with Crippen molar-refractivity contribution in [2.24, 2.45) is 0 Å². The van der Waals surface area contributed by atoms with E-state index in [0.29, 0.717) is 13.1 Å². The van der Waals surface area contributed by atoms with E-state index in [0.717, 1.165) is 37.6 Å². The maximum atomic E-state index is 13.1. The van der Waals surface area contributed by atoms with Crippen molar-refractivity contribution in [2.45, 2.75) is 0 Å². The number of nitrogens with zero attached hydrogens (tertiary/aromatic N) is 3. The Kier molecular flexibility index (Phi) is 6.02. The molecule has 1 saturated heterocycles. The van der Waals surface area contributed by atoms with Crippen LogP contribution in [0.1, 0.15) is 0 Å². The number of piperazine rings is 1. The lowest BCUT2D eigenvalue weighted by Crippen LogP contribution is -2.50. The second-order valence-electron chi connectivity index (χ2n) is 6.37. The molecule has 2 aromatic carbocycles. The number of carbonyl (C=O) groups excluding carboxylic acids is 1. The number of hydrogen-bond acceptors (Lipinski definition) is 3. The molecule has 1 amide bonds. The third kappa shape index (κ3) is 4.49. The van der Waals surface area contributed by atoms with E-state index < -0.39 is 0 Å². The molecular weight excluding hydrogens is 329 g/mol. The molecule has 2 aromatic rings. The standard InChI is InChI=1S/C21H24FN3O/c1-2-12-25(20-6-4-3-5-7-20)21(26)17-23-13-15-24(16-14-23)19-10-8-18(22)9-11-19/h2-11H,1,12-17H2. The summed E-state index contributed by atoms with van der Waals surface area (Å²) in [6, 6.07) is 16.3. The van der Waals surface area contributed by atoms with Crippen molar-refractivity contribution in [3.05, 3.63) is 73.1 Å². The van der Waals surface area contributed by atoms with Crippen molar-refractivity contribution in [1.29, 1.82) is 0 Å². The van der Waals surface area contributed by atoms with Crippen molar-refractivity contribution in [1.82, 2.24) is 4.90 Å². The molecule has 0 bridgehead atoms. The van der Waals surface area contributed by atoms with Gasteiger partial charge in [0.2, 0.25) is 5.91 Å². The third-order valence-electron chi connectivity index (χ3n) is 4.60. The van der Waals surface area contributed by atoms with Crippen LogP contribution in [0.2, 0.25) is 0 Å². The molecule has 0 unspecified atom stereocenters. The number of benzene rings is 2. The molecule has 1 aliphatic rings. The molecule has 0 radical (unpaired) electrons. The minimum atomic E-state index is -0.221. The van der Waals surface area contributed by atoms with Gasteiger partial charge in [0.1, 0.15) is 5.82 Å². The highest BCUT2D eigenvalue weighted by atomic mass is 19.1. The smallest absolute Gasteiger partial charge is 0.241 e.